The second kappa shape index (κ2) is 6.78. The number of carbonyl (C=O) groups excluding carboxylic acids is 2. The Morgan fingerprint density at radius 1 is 1.35 bits per heavy atom. The number of cyclic esters (lactones) is 1. The van der Waals surface area contributed by atoms with Gasteiger partial charge in [-0.1, -0.05) is 12.1 Å². The molecule has 1 N–H and O–H groups in total. The van der Waals surface area contributed by atoms with Crippen LogP contribution in [0.4, 0.5) is 10.5 Å². The third-order valence-electron chi connectivity index (χ3n) is 3.40. The van der Waals surface area contributed by atoms with E-state index >= 15 is 0 Å². The van der Waals surface area contributed by atoms with Crippen molar-refractivity contribution < 1.29 is 14.3 Å². The summed E-state index contributed by atoms with van der Waals surface area (Å²) in [5.74, 6) is -0.204. The summed E-state index contributed by atoms with van der Waals surface area (Å²) in [7, 11) is 0. The number of nitrogens with one attached hydrogen (secondary N) is 1. The summed E-state index contributed by atoms with van der Waals surface area (Å²) in [6.45, 7) is 1.30. The highest BCUT2D eigenvalue weighted by Crippen LogP contribution is 2.20. The first kappa shape index (κ1) is 15.5. The topological polar surface area (TPSA) is 71.5 Å². The van der Waals surface area contributed by atoms with Gasteiger partial charge in [-0.2, -0.15) is 0 Å². The van der Waals surface area contributed by atoms with Crippen molar-refractivity contribution in [3.8, 4) is 0 Å². The maximum absolute atomic E-state index is 12.1. The van der Waals surface area contributed by atoms with Gasteiger partial charge in [-0.15, -0.1) is 0 Å². The molecule has 2 heterocycles. The van der Waals surface area contributed by atoms with Gasteiger partial charge in [-0.05, 0) is 39.7 Å². The molecular weight excluding hydrogens is 362 g/mol. The minimum absolute atomic E-state index is 0.204. The molecule has 7 heteroatoms. The Morgan fingerprint density at radius 2 is 2.22 bits per heavy atom. The fourth-order valence-electron chi connectivity index (χ4n) is 2.28. The first-order chi connectivity index (χ1) is 11.1. The fraction of sp³-hybridized carbons (Fsp3) is 0.188. The maximum Gasteiger partial charge on any atom is 0.414 e. The first-order valence-electron chi connectivity index (χ1n) is 7.05. The molecule has 1 aromatic heterocycles. The van der Waals surface area contributed by atoms with Crippen LogP contribution < -0.4 is 10.2 Å². The number of anilines is 1. The van der Waals surface area contributed by atoms with E-state index in [-0.39, 0.29) is 12.0 Å². The van der Waals surface area contributed by atoms with Crippen molar-refractivity contribution in [2.75, 3.05) is 18.1 Å². The number of hydrogen-bond acceptors (Lipinski definition) is 4. The second-order valence-corrected chi connectivity index (χ2v) is 5.93. The standard InChI is InChI=1S/C16H14BrN3O3/c17-13-7-12(9-18-10-13)15(21)19-8-11-2-1-3-14(6-11)20-4-5-23-16(20)22/h1-3,6-7,9-10H,4-5,8H2,(H,19,21). The van der Waals surface area contributed by atoms with E-state index in [1.807, 2.05) is 24.3 Å². The number of halogens is 1. The number of hydrogen-bond donors (Lipinski definition) is 1. The molecule has 3 rings (SSSR count). The summed E-state index contributed by atoms with van der Waals surface area (Å²) >= 11 is 3.29. The van der Waals surface area contributed by atoms with Crippen LogP contribution in [0, 0.1) is 0 Å². The molecule has 118 valence electrons. The van der Waals surface area contributed by atoms with Crippen LogP contribution >= 0.6 is 15.9 Å². The number of ether oxygens (including phenoxy) is 1. The van der Waals surface area contributed by atoms with Crippen LogP contribution in [-0.2, 0) is 11.3 Å². The predicted molar refractivity (Wildman–Crippen MR) is 88.2 cm³/mol. The van der Waals surface area contributed by atoms with Crippen LogP contribution in [0.3, 0.4) is 0 Å². The smallest absolute Gasteiger partial charge is 0.414 e. The highest BCUT2D eigenvalue weighted by atomic mass is 79.9. The van der Waals surface area contributed by atoms with Gasteiger partial charge in [0.25, 0.3) is 5.91 Å². The lowest BCUT2D eigenvalue weighted by Crippen LogP contribution is -2.25. The zero-order valence-electron chi connectivity index (χ0n) is 12.2. The van der Waals surface area contributed by atoms with E-state index in [0.29, 0.717) is 25.3 Å². The third kappa shape index (κ3) is 3.68. The fourth-order valence-corrected chi connectivity index (χ4v) is 2.65. The molecule has 2 aromatic rings. The van der Waals surface area contributed by atoms with Gasteiger partial charge in [0.2, 0.25) is 0 Å². The van der Waals surface area contributed by atoms with E-state index < -0.39 is 0 Å². The maximum atomic E-state index is 12.1. The van der Waals surface area contributed by atoms with Crippen LogP contribution in [-0.4, -0.2) is 30.1 Å². The Labute approximate surface area is 141 Å². The molecular formula is C16H14BrN3O3. The number of nitrogens with zero attached hydrogens (tertiary/aromatic N) is 2. The van der Waals surface area contributed by atoms with Gasteiger partial charge in [0, 0.05) is 29.1 Å². The van der Waals surface area contributed by atoms with Gasteiger partial charge in [0.15, 0.2) is 0 Å². The van der Waals surface area contributed by atoms with E-state index in [4.69, 9.17) is 4.74 Å². The Bertz CT molecular complexity index is 751. The molecule has 1 aliphatic rings. The zero-order valence-corrected chi connectivity index (χ0v) is 13.7. The number of benzene rings is 1. The van der Waals surface area contributed by atoms with E-state index in [0.717, 1.165) is 15.7 Å². The first-order valence-corrected chi connectivity index (χ1v) is 7.85. The Kier molecular flexibility index (Phi) is 4.57. The molecule has 0 saturated carbocycles. The molecule has 1 saturated heterocycles. The summed E-state index contributed by atoms with van der Waals surface area (Å²) in [6.07, 6.45) is 2.79. The molecule has 6 nitrogen and oxygen atoms in total. The van der Waals surface area contributed by atoms with Crippen LogP contribution in [0.2, 0.25) is 0 Å². The quantitative estimate of drug-likeness (QED) is 0.891. The average Bonchev–Trinajstić information content (AvgIpc) is 2.99. The van der Waals surface area contributed by atoms with E-state index in [9.17, 15) is 9.59 Å². The third-order valence-corrected chi connectivity index (χ3v) is 3.84. The molecule has 1 fully saturated rings. The summed E-state index contributed by atoms with van der Waals surface area (Å²) in [6, 6.07) is 9.16. The molecule has 0 radical (unpaired) electrons. The normalized spacial score (nSPS) is 13.8. The number of amides is 2. The summed E-state index contributed by atoms with van der Waals surface area (Å²) in [4.78, 5) is 29.2. The lowest BCUT2D eigenvalue weighted by atomic mass is 10.2. The number of rotatable bonds is 4. The Morgan fingerprint density at radius 3 is 2.96 bits per heavy atom. The monoisotopic (exact) mass is 375 g/mol. The zero-order chi connectivity index (χ0) is 16.2. The van der Waals surface area contributed by atoms with E-state index in [1.54, 1.807) is 17.2 Å². The number of carbonyl (C=O) groups is 2. The second-order valence-electron chi connectivity index (χ2n) is 5.01. The molecule has 0 aliphatic carbocycles. The number of aromatic nitrogens is 1. The van der Waals surface area contributed by atoms with Crippen LogP contribution in [0.1, 0.15) is 15.9 Å². The van der Waals surface area contributed by atoms with E-state index in [1.165, 1.54) is 6.20 Å². The van der Waals surface area contributed by atoms with Crippen LogP contribution in [0.5, 0.6) is 0 Å². The van der Waals surface area contributed by atoms with Gasteiger partial charge >= 0.3 is 6.09 Å². The molecule has 1 aliphatic heterocycles. The van der Waals surface area contributed by atoms with Crippen molar-refractivity contribution in [3.05, 3.63) is 58.3 Å². The highest BCUT2D eigenvalue weighted by Gasteiger charge is 2.23. The molecule has 23 heavy (non-hydrogen) atoms. The van der Waals surface area contributed by atoms with Crippen molar-refractivity contribution in [1.82, 2.24) is 10.3 Å². The van der Waals surface area contributed by atoms with Gasteiger partial charge in [-0.3, -0.25) is 14.7 Å². The van der Waals surface area contributed by atoms with Crippen LogP contribution in [0.25, 0.3) is 0 Å². The lowest BCUT2D eigenvalue weighted by Gasteiger charge is -2.14. The van der Waals surface area contributed by atoms with Crippen LogP contribution in [0.15, 0.2) is 47.2 Å². The summed E-state index contributed by atoms with van der Waals surface area (Å²) < 4.78 is 5.68. The van der Waals surface area contributed by atoms with Gasteiger partial charge in [0.1, 0.15) is 6.61 Å². The molecule has 0 spiro atoms. The minimum Gasteiger partial charge on any atom is -0.447 e. The molecule has 2 amide bonds. The molecule has 1 aromatic carbocycles. The van der Waals surface area contributed by atoms with Gasteiger partial charge < -0.3 is 10.1 Å². The van der Waals surface area contributed by atoms with Crippen molar-refractivity contribution >= 4 is 33.6 Å². The Hall–Kier alpha value is -2.41. The highest BCUT2D eigenvalue weighted by molar-refractivity contribution is 9.10. The van der Waals surface area contributed by atoms with Gasteiger partial charge in [-0.25, -0.2) is 4.79 Å². The summed E-state index contributed by atoms with van der Waals surface area (Å²) in [5, 5.41) is 2.84. The molecule has 0 bridgehead atoms. The van der Waals surface area contributed by atoms with Crippen molar-refractivity contribution in [2.45, 2.75) is 6.54 Å². The Balaban J connectivity index is 1.66. The lowest BCUT2D eigenvalue weighted by molar-refractivity contribution is 0.0950. The van der Waals surface area contributed by atoms with Gasteiger partial charge in [0.05, 0.1) is 12.1 Å². The number of pyridine rings is 1. The van der Waals surface area contributed by atoms with E-state index in [2.05, 4.69) is 26.2 Å². The minimum atomic E-state index is -0.341. The largest absolute Gasteiger partial charge is 0.447 e. The molecule has 0 unspecified atom stereocenters. The van der Waals surface area contributed by atoms with Crippen molar-refractivity contribution in [3.63, 3.8) is 0 Å². The molecule has 0 atom stereocenters. The SMILES string of the molecule is O=C(NCc1cccc(N2CCOC2=O)c1)c1cncc(Br)c1. The summed E-state index contributed by atoms with van der Waals surface area (Å²) in [5.41, 5.74) is 2.15. The van der Waals surface area contributed by atoms with Crippen molar-refractivity contribution in [2.24, 2.45) is 0 Å². The average molecular weight is 376 g/mol. The van der Waals surface area contributed by atoms with Crippen molar-refractivity contribution in [1.29, 1.82) is 0 Å². The predicted octanol–water partition coefficient (Wildman–Crippen LogP) is 2.73.